The lowest BCUT2D eigenvalue weighted by atomic mass is 10.2. The maximum absolute atomic E-state index is 12.0. The van der Waals surface area contributed by atoms with E-state index < -0.39 is 0 Å². The molecule has 2 aromatic rings. The van der Waals surface area contributed by atoms with Crippen LogP contribution in [0.4, 0.5) is 5.88 Å². The van der Waals surface area contributed by atoms with Crippen LogP contribution in [0.25, 0.3) is 0 Å². The monoisotopic (exact) mass is 389 g/mol. The SMILES string of the molecule is O=C(N/N=C\c1ccc(N2CCCCCC2)o1)c1cccc(Br)c1. The molecule has 1 saturated heterocycles. The largest absolute Gasteiger partial charge is 0.440 e. The van der Waals surface area contributed by atoms with Crippen molar-refractivity contribution in [2.45, 2.75) is 25.7 Å². The van der Waals surface area contributed by atoms with Crippen molar-refractivity contribution in [1.29, 1.82) is 0 Å². The Morgan fingerprint density at radius 1 is 1.17 bits per heavy atom. The number of carbonyl (C=O) groups excluding carboxylic acids is 1. The van der Waals surface area contributed by atoms with Crippen LogP contribution in [0.2, 0.25) is 0 Å². The molecule has 0 atom stereocenters. The summed E-state index contributed by atoms with van der Waals surface area (Å²) in [6.07, 6.45) is 6.50. The number of hydrogen-bond acceptors (Lipinski definition) is 4. The van der Waals surface area contributed by atoms with Gasteiger partial charge in [-0.1, -0.05) is 34.8 Å². The first-order valence-corrected chi connectivity index (χ1v) is 8.95. The molecule has 1 aromatic heterocycles. The molecule has 0 radical (unpaired) electrons. The van der Waals surface area contributed by atoms with Gasteiger partial charge in [-0.2, -0.15) is 5.10 Å². The molecule has 0 bridgehead atoms. The number of rotatable bonds is 4. The average Bonchev–Trinajstić information content (AvgIpc) is 2.88. The van der Waals surface area contributed by atoms with Crippen LogP contribution < -0.4 is 10.3 Å². The highest BCUT2D eigenvalue weighted by molar-refractivity contribution is 9.10. The highest BCUT2D eigenvalue weighted by atomic mass is 79.9. The molecule has 24 heavy (non-hydrogen) atoms. The second-order valence-electron chi connectivity index (χ2n) is 5.79. The molecule has 0 aliphatic carbocycles. The van der Waals surface area contributed by atoms with E-state index in [0.29, 0.717) is 11.3 Å². The summed E-state index contributed by atoms with van der Waals surface area (Å²) in [6.45, 7) is 2.06. The minimum absolute atomic E-state index is 0.258. The number of carbonyl (C=O) groups is 1. The summed E-state index contributed by atoms with van der Waals surface area (Å²) >= 11 is 3.34. The van der Waals surface area contributed by atoms with Crippen LogP contribution in [-0.2, 0) is 0 Å². The standard InChI is InChI=1S/C18H20BrN3O2/c19-15-7-5-6-14(12-15)18(23)21-20-13-16-8-9-17(24-16)22-10-3-1-2-4-11-22/h5-9,12-13H,1-4,10-11H2,(H,21,23)/b20-13-. The molecule has 0 spiro atoms. The molecule has 1 aliphatic rings. The Morgan fingerprint density at radius 2 is 1.96 bits per heavy atom. The molecule has 1 amide bonds. The molecular weight excluding hydrogens is 370 g/mol. The summed E-state index contributed by atoms with van der Waals surface area (Å²) in [5.41, 5.74) is 3.06. The number of benzene rings is 1. The third kappa shape index (κ3) is 4.47. The van der Waals surface area contributed by atoms with E-state index in [1.165, 1.54) is 31.9 Å². The zero-order chi connectivity index (χ0) is 16.8. The van der Waals surface area contributed by atoms with Gasteiger partial charge in [0.2, 0.25) is 0 Å². The summed E-state index contributed by atoms with van der Waals surface area (Å²) in [5.74, 6) is 1.24. The fraction of sp³-hybridized carbons (Fsp3) is 0.333. The van der Waals surface area contributed by atoms with Gasteiger partial charge in [0.15, 0.2) is 5.88 Å². The lowest BCUT2D eigenvalue weighted by molar-refractivity contribution is 0.0955. The molecule has 0 saturated carbocycles. The normalized spacial score (nSPS) is 15.5. The molecule has 0 unspecified atom stereocenters. The maximum atomic E-state index is 12.0. The Bertz CT molecular complexity index is 719. The maximum Gasteiger partial charge on any atom is 0.271 e. The van der Waals surface area contributed by atoms with Gasteiger partial charge in [-0.15, -0.1) is 0 Å². The van der Waals surface area contributed by atoms with E-state index in [1.54, 1.807) is 12.1 Å². The molecule has 1 aliphatic heterocycles. The van der Waals surface area contributed by atoms with Crippen molar-refractivity contribution in [3.8, 4) is 0 Å². The fourth-order valence-electron chi connectivity index (χ4n) is 2.72. The third-order valence-corrected chi connectivity index (χ3v) is 4.47. The molecule has 2 heterocycles. The molecule has 1 aromatic carbocycles. The number of furan rings is 1. The summed E-state index contributed by atoms with van der Waals surface area (Å²) in [6, 6.07) is 11.0. The fourth-order valence-corrected chi connectivity index (χ4v) is 3.12. The number of hydrogen-bond donors (Lipinski definition) is 1. The first kappa shape index (κ1) is 16.8. The van der Waals surface area contributed by atoms with Crippen LogP contribution in [0.1, 0.15) is 41.8 Å². The number of nitrogens with one attached hydrogen (secondary N) is 1. The predicted octanol–water partition coefficient (Wildman–Crippen LogP) is 4.19. The van der Waals surface area contributed by atoms with E-state index in [0.717, 1.165) is 23.4 Å². The van der Waals surface area contributed by atoms with E-state index in [1.807, 2.05) is 24.3 Å². The van der Waals surface area contributed by atoms with Crippen LogP contribution in [0.3, 0.4) is 0 Å². The second-order valence-corrected chi connectivity index (χ2v) is 6.70. The quantitative estimate of drug-likeness (QED) is 0.629. The highest BCUT2D eigenvalue weighted by Gasteiger charge is 2.13. The van der Waals surface area contributed by atoms with Gasteiger partial charge in [0.25, 0.3) is 5.91 Å². The third-order valence-electron chi connectivity index (χ3n) is 3.98. The number of nitrogens with zero attached hydrogens (tertiary/aromatic N) is 2. The van der Waals surface area contributed by atoms with Crippen molar-refractivity contribution in [2.24, 2.45) is 5.10 Å². The molecule has 1 N–H and O–H groups in total. The van der Waals surface area contributed by atoms with Crippen molar-refractivity contribution in [3.05, 3.63) is 52.2 Å². The molecule has 5 nitrogen and oxygen atoms in total. The summed E-state index contributed by atoms with van der Waals surface area (Å²) in [5, 5.41) is 3.97. The summed E-state index contributed by atoms with van der Waals surface area (Å²) in [4.78, 5) is 14.3. The molecular formula is C18H20BrN3O2. The first-order chi connectivity index (χ1) is 11.7. The Labute approximate surface area is 149 Å². The number of hydrazone groups is 1. The number of anilines is 1. The van der Waals surface area contributed by atoms with Crippen LogP contribution in [-0.4, -0.2) is 25.2 Å². The Morgan fingerprint density at radius 3 is 2.71 bits per heavy atom. The summed E-state index contributed by atoms with van der Waals surface area (Å²) < 4.78 is 6.66. The van der Waals surface area contributed by atoms with Crippen LogP contribution in [0.5, 0.6) is 0 Å². The van der Waals surface area contributed by atoms with Gasteiger partial charge in [-0.25, -0.2) is 5.43 Å². The van der Waals surface area contributed by atoms with Crippen molar-refractivity contribution in [1.82, 2.24) is 5.43 Å². The molecule has 3 rings (SSSR count). The zero-order valence-corrected chi connectivity index (χ0v) is 15.0. The van der Waals surface area contributed by atoms with Gasteiger partial charge in [-0.05, 0) is 37.1 Å². The average molecular weight is 390 g/mol. The van der Waals surface area contributed by atoms with Crippen LogP contribution in [0, 0.1) is 0 Å². The zero-order valence-electron chi connectivity index (χ0n) is 13.4. The van der Waals surface area contributed by atoms with Gasteiger partial charge >= 0.3 is 0 Å². The van der Waals surface area contributed by atoms with Crippen molar-refractivity contribution in [2.75, 3.05) is 18.0 Å². The lowest BCUT2D eigenvalue weighted by Crippen LogP contribution is -2.23. The van der Waals surface area contributed by atoms with E-state index in [2.05, 4.69) is 31.4 Å². The number of halogens is 1. The van der Waals surface area contributed by atoms with Crippen molar-refractivity contribution >= 4 is 33.9 Å². The molecule has 6 heteroatoms. The van der Waals surface area contributed by atoms with E-state index in [4.69, 9.17) is 4.42 Å². The Hall–Kier alpha value is -2.08. The molecule has 1 fully saturated rings. The van der Waals surface area contributed by atoms with Gasteiger partial charge < -0.3 is 9.32 Å². The van der Waals surface area contributed by atoms with Crippen molar-refractivity contribution < 1.29 is 9.21 Å². The minimum Gasteiger partial charge on any atom is -0.440 e. The van der Waals surface area contributed by atoms with E-state index >= 15 is 0 Å². The highest BCUT2D eigenvalue weighted by Crippen LogP contribution is 2.21. The Balaban J connectivity index is 1.58. The van der Waals surface area contributed by atoms with Crippen LogP contribution >= 0.6 is 15.9 Å². The number of amides is 1. The van der Waals surface area contributed by atoms with E-state index in [-0.39, 0.29) is 5.91 Å². The summed E-state index contributed by atoms with van der Waals surface area (Å²) in [7, 11) is 0. The van der Waals surface area contributed by atoms with Crippen LogP contribution in [0.15, 0.2) is 50.4 Å². The lowest BCUT2D eigenvalue weighted by Gasteiger charge is -2.18. The predicted molar refractivity (Wildman–Crippen MR) is 98.6 cm³/mol. The Kier molecular flexibility index (Phi) is 5.69. The second kappa shape index (κ2) is 8.15. The van der Waals surface area contributed by atoms with Crippen molar-refractivity contribution in [3.63, 3.8) is 0 Å². The van der Waals surface area contributed by atoms with Gasteiger partial charge in [0.05, 0.1) is 6.21 Å². The molecule has 126 valence electrons. The van der Waals surface area contributed by atoms with E-state index in [9.17, 15) is 4.79 Å². The van der Waals surface area contributed by atoms with Gasteiger partial charge in [0.1, 0.15) is 5.76 Å². The first-order valence-electron chi connectivity index (χ1n) is 8.16. The van der Waals surface area contributed by atoms with Gasteiger partial charge in [0, 0.05) is 29.2 Å². The minimum atomic E-state index is -0.258. The smallest absolute Gasteiger partial charge is 0.271 e. The van der Waals surface area contributed by atoms with Gasteiger partial charge in [-0.3, -0.25) is 4.79 Å². The topological polar surface area (TPSA) is 57.8 Å².